The Morgan fingerprint density at radius 2 is 1.44 bits per heavy atom. The summed E-state index contributed by atoms with van der Waals surface area (Å²) in [4.78, 5) is 2.50. The van der Waals surface area contributed by atoms with Crippen LogP contribution in [0.3, 0.4) is 0 Å². The van der Waals surface area contributed by atoms with Crippen molar-refractivity contribution in [2.24, 2.45) is 0 Å². The van der Waals surface area contributed by atoms with Crippen LogP contribution in [0, 0.1) is 0 Å². The van der Waals surface area contributed by atoms with Crippen molar-refractivity contribution in [3.63, 3.8) is 0 Å². The zero-order chi connectivity index (χ0) is 11.9. The number of rotatable bonds is 9. The summed E-state index contributed by atoms with van der Waals surface area (Å²) >= 11 is 0. The third-order valence-corrected chi connectivity index (χ3v) is 9.05. The van der Waals surface area contributed by atoms with Gasteiger partial charge in [-0.1, -0.05) is 69.9 Å². The molecule has 0 aromatic heterocycles. The van der Waals surface area contributed by atoms with Crippen LogP contribution >= 0.6 is 0 Å². The van der Waals surface area contributed by atoms with E-state index in [0.717, 1.165) is 0 Å². The molecule has 1 fully saturated rings. The summed E-state index contributed by atoms with van der Waals surface area (Å²) in [6.07, 6.45) is 6.61. The Balaban J connectivity index is 2.52. The van der Waals surface area contributed by atoms with Gasteiger partial charge in [-0.3, -0.25) is 4.90 Å². The molecule has 0 atom stereocenters. The maximum Gasteiger partial charge on any atom is 0.0774 e. The van der Waals surface area contributed by atoms with Crippen LogP contribution in [0.5, 0.6) is 0 Å². The van der Waals surface area contributed by atoms with Gasteiger partial charge in [-0.15, -0.1) is 0 Å². The summed E-state index contributed by atoms with van der Waals surface area (Å²) in [7, 11) is -1.04. The van der Waals surface area contributed by atoms with Gasteiger partial charge < -0.3 is 0 Å². The molecule has 1 rings (SSSR count). The second kappa shape index (κ2) is 7.28. The van der Waals surface area contributed by atoms with Crippen molar-refractivity contribution in [1.29, 1.82) is 0 Å². The van der Waals surface area contributed by atoms with Gasteiger partial charge in [0.2, 0.25) is 0 Å². The summed E-state index contributed by atoms with van der Waals surface area (Å²) in [5.41, 5.74) is 2.68. The van der Waals surface area contributed by atoms with Gasteiger partial charge >= 0.3 is 0 Å². The van der Waals surface area contributed by atoms with E-state index in [1.807, 2.05) is 0 Å². The molecular weight excluding hydrogens is 210 g/mol. The monoisotopic (exact) mass is 239 g/mol. The maximum absolute atomic E-state index is 2.68. The van der Waals surface area contributed by atoms with Crippen LogP contribution in [0.2, 0.25) is 18.1 Å². The summed E-state index contributed by atoms with van der Waals surface area (Å²) in [6, 6.07) is 4.52. The molecule has 0 unspecified atom stereocenters. The van der Waals surface area contributed by atoms with E-state index >= 15 is 0 Å². The largest absolute Gasteiger partial charge is 0.297 e. The first-order valence-corrected chi connectivity index (χ1v) is 9.86. The van der Waals surface area contributed by atoms with Crippen LogP contribution < -0.4 is 0 Å². The van der Waals surface area contributed by atoms with Crippen molar-refractivity contribution in [2.75, 3.05) is 19.6 Å². The van der Waals surface area contributed by atoms with Crippen LogP contribution in [-0.4, -0.2) is 32.6 Å². The summed E-state index contributed by atoms with van der Waals surface area (Å²) in [5.74, 6) is 0. The summed E-state index contributed by atoms with van der Waals surface area (Å²) < 4.78 is 0. The second-order valence-electron chi connectivity index (χ2n) is 5.32. The van der Waals surface area contributed by atoms with Crippen molar-refractivity contribution in [2.45, 2.75) is 58.2 Å². The molecule has 0 bridgehead atoms. The number of hydrogen-bond donors (Lipinski definition) is 0. The second-order valence-corrected chi connectivity index (χ2v) is 9.87. The Hall–Kier alpha value is -0.0831. The summed E-state index contributed by atoms with van der Waals surface area (Å²) in [6.45, 7) is 10.9. The number of nitrogens with zero attached hydrogens (tertiary/aromatic N) is 1. The predicted molar refractivity (Wildman–Crippen MR) is 76.6 cm³/mol. The molecule has 0 radical (unpaired) electrons. The quantitative estimate of drug-likeness (QED) is 0.433. The van der Waals surface area contributed by atoms with Crippen molar-refractivity contribution in [1.82, 2.24) is 4.90 Å². The van der Waals surface area contributed by atoms with Crippen molar-refractivity contribution >= 4 is 8.07 Å². The van der Waals surface area contributed by atoms with Crippen LogP contribution in [0.1, 0.15) is 40.0 Å². The maximum atomic E-state index is 2.68. The van der Waals surface area contributed by atoms with E-state index in [1.165, 1.54) is 57.0 Å². The van der Waals surface area contributed by atoms with E-state index in [2.05, 4.69) is 37.4 Å². The lowest BCUT2D eigenvalue weighted by Gasteiger charge is -2.27. The SMILES string of the molecule is CCC[Si](C=CCN1CC1)(CCC)CCC. The van der Waals surface area contributed by atoms with Crippen molar-refractivity contribution < 1.29 is 0 Å². The van der Waals surface area contributed by atoms with E-state index in [0.29, 0.717) is 0 Å². The van der Waals surface area contributed by atoms with Gasteiger partial charge in [0.25, 0.3) is 0 Å². The fraction of sp³-hybridized carbons (Fsp3) is 0.857. The number of hydrogen-bond acceptors (Lipinski definition) is 1. The highest BCUT2D eigenvalue weighted by molar-refractivity contribution is 6.84. The normalized spacial score (nSPS) is 17.2. The molecule has 0 aromatic carbocycles. The molecule has 0 saturated carbocycles. The van der Waals surface area contributed by atoms with Gasteiger partial charge in [0.15, 0.2) is 0 Å². The average Bonchev–Trinajstić information content (AvgIpc) is 3.03. The molecule has 1 aliphatic heterocycles. The topological polar surface area (TPSA) is 3.01 Å². The highest BCUT2D eigenvalue weighted by Gasteiger charge is 2.27. The molecular formula is C14H29NSi. The molecule has 1 aliphatic rings. The van der Waals surface area contributed by atoms with E-state index in [-0.39, 0.29) is 0 Å². The average molecular weight is 239 g/mol. The van der Waals surface area contributed by atoms with Crippen molar-refractivity contribution in [3.8, 4) is 0 Å². The van der Waals surface area contributed by atoms with Gasteiger partial charge in [-0.25, -0.2) is 0 Å². The molecule has 2 heteroatoms. The van der Waals surface area contributed by atoms with E-state index in [9.17, 15) is 0 Å². The van der Waals surface area contributed by atoms with Gasteiger partial charge in [-0.2, -0.15) is 0 Å². The zero-order valence-electron chi connectivity index (χ0n) is 11.5. The van der Waals surface area contributed by atoms with Crippen molar-refractivity contribution in [3.05, 3.63) is 11.8 Å². The minimum absolute atomic E-state index is 1.04. The minimum Gasteiger partial charge on any atom is -0.297 e. The molecule has 0 amide bonds. The Bertz CT molecular complexity index is 192. The molecule has 94 valence electrons. The van der Waals surface area contributed by atoms with Crippen LogP contribution in [0.4, 0.5) is 0 Å². The first kappa shape index (κ1) is 14.0. The first-order valence-electron chi connectivity index (χ1n) is 7.16. The van der Waals surface area contributed by atoms with Gasteiger partial charge in [0.05, 0.1) is 8.07 Å². The molecule has 0 aliphatic carbocycles. The highest BCUT2D eigenvalue weighted by atomic mass is 28.3. The predicted octanol–water partition coefficient (Wildman–Crippen LogP) is 4.08. The Morgan fingerprint density at radius 1 is 0.938 bits per heavy atom. The molecule has 1 saturated heterocycles. The van der Waals surface area contributed by atoms with Gasteiger partial charge in [0, 0.05) is 19.6 Å². The highest BCUT2D eigenvalue weighted by Crippen LogP contribution is 2.27. The van der Waals surface area contributed by atoms with E-state index in [4.69, 9.17) is 0 Å². The lowest BCUT2D eigenvalue weighted by Crippen LogP contribution is -2.31. The molecule has 1 nitrogen and oxygen atoms in total. The lowest BCUT2D eigenvalue weighted by molar-refractivity contribution is 0.629. The Morgan fingerprint density at radius 3 is 1.81 bits per heavy atom. The third-order valence-electron chi connectivity index (χ3n) is 3.62. The van der Waals surface area contributed by atoms with Crippen LogP contribution in [-0.2, 0) is 0 Å². The van der Waals surface area contributed by atoms with E-state index in [1.54, 1.807) is 0 Å². The standard InChI is InChI=1S/C14H29NSi/c1-4-11-16(12-5-2,13-6-3)14-7-8-15-9-10-15/h7,14H,4-6,8-13H2,1-3H3. The molecule has 16 heavy (non-hydrogen) atoms. The smallest absolute Gasteiger partial charge is 0.0774 e. The molecule has 0 aromatic rings. The molecule has 1 heterocycles. The molecule has 0 N–H and O–H groups in total. The van der Waals surface area contributed by atoms with Gasteiger partial charge in [0.1, 0.15) is 0 Å². The van der Waals surface area contributed by atoms with Gasteiger partial charge in [-0.05, 0) is 0 Å². The fourth-order valence-corrected chi connectivity index (χ4v) is 7.67. The zero-order valence-corrected chi connectivity index (χ0v) is 12.5. The lowest BCUT2D eigenvalue weighted by atomic mass is 10.5. The summed E-state index contributed by atoms with van der Waals surface area (Å²) in [5, 5.41) is 0. The van der Waals surface area contributed by atoms with E-state index < -0.39 is 8.07 Å². The molecule has 0 spiro atoms. The van der Waals surface area contributed by atoms with Crippen LogP contribution in [0.15, 0.2) is 11.8 Å². The third kappa shape index (κ3) is 4.83. The Labute approximate surface area is 103 Å². The van der Waals surface area contributed by atoms with Crippen LogP contribution in [0.25, 0.3) is 0 Å². The minimum atomic E-state index is -1.04. The first-order chi connectivity index (χ1) is 7.76. The fourth-order valence-electron chi connectivity index (χ4n) is 2.82. The Kier molecular flexibility index (Phi) is 6.36.